The fourth-order valence-corrected chi connectivity index (χ4v) is 3.19. The number of hydrogen-bond acceptors (Lipinski definition) is 4. The summed E-state index contributed by atoms with van der Waals surface area (Å²) in [5.74, 6) is -1.09. The number of benzene rings is 1. The lowest BCUT2D eigenvalue weighted by molar-refractivity contribution is 0.283. The van der Waals surface area contributed by atoms with Crippen molar-refractivity contribution < 1.29 is 18.6 Å². The predicted octanol–water partition coefficient (Wildman–Crippen LogP) is 3.02. The Hall–Kier alpha value is -2.67. The van der Waals surface area contributed by atoms with Gasteiger partial charge in [-0.2, -0.15) is 0 Å². The minimum absolute atomic E-state index is 0.0719. The molecule has 138 valence electrons. The summed E-state index contributed by atoms with van der Waals surface area (Å²) < 4.78 is 34.2. The number of rotatable bonds is 7. The highest BCUT2D eigenvalue weighted by Crippen LogP contribution is 2.38. The maximum absolute atomic E-state index is 14.7. The number of halogens is 2. The molecule has 7 heteroatoms. The highest BCUT2D eigenvalue weighted by molar-refractivity contribution is 5.95. The molecule has 2 aliphatic rings. The Balaban J connectivity index is 1.92. The number of ether oxygens (including phenoxy) is 1. The Morgan fingerprint density at radius 3 is 2.88 bits per heavy atom. The lowest BCUT2D eigenvalue weighted by Gasteiger charge is -2.26. The average Bonchev–Trinajstić information content (AvgIpc) is 3.06. The molecule has 3 rings (SSSR count). The van der Waals surface area contributed by atoms with E-state index in [-0.39, 0.29) is 42.0 Å². The van der Waals surface area contributed by atoms with Gasteiger partial charge in [0.15, 0.2) is 5.76 Å². The zero-order chi connectivity index (χ0) is 18.7. The molecule has 0 spiro atoms. The van der Waals surface area contributed by atoms with Gasteiger partial charge in [-0.3, -0.25) is 5.41 Å². The maximum atomic E-state index is 14.7. The van der Waals surface area contributed by atoms with Crippen LogP contribution in [0.3, 0.4) is 0 Å². The first-order chi connectivity index (χ1) is 12.5. The van der Waals surface area contributed by atoms with Crippen molar-refractivity contribution in [1.82, 2.24) is 5.32 Å². The molecule has 1 aromatic carbocycles. The lowest BCUT2D eigenvalue weighted by Crippen LogP contribution is -2.27. The summed E-state index contributed by atoms with van der Waals surface area (Å²) in [4.78, 5) is 0. The number of aliphatic hydroxyl groups is 1. The standard InChI is InChI=1S/C19H21F2N3O2/c20-15-5-4-11(9-14(15)19(22)23)26-18-13(3-1-2-8-25)12-6-7-24-17(12)10-16(18)21/h4-7,9,17,24-25H,1-3,8,10H2,(H3,22,23). The van der Waals surface area contributed by atoms with Crippen LogP contribution in [-0.2, 0) is 0 Å². The van der Waals surface area contributed by atoms with Crippen molar-refractivity contribution >= 4 is 5.84 Å². The van der Waals surface area contributed by atoms with Crippen LogP contribution in [0, 0.1) is 11.2 Å². The second-order valence-corrected chi connectivity index (χ2v) is 6.26. The van der Waals surface area contributed by atoms with Gasteiger partial charge in [-0.05, 0) is 55.3 Å². The van der Waals surface area contributed by atoms with Crippen LogP contribution in [-0.4, -0.2) is 23.6 Å². The molecule has 0 bridgehead atoms. The van der Waals surface area contributed by atoms with Crippen LogP contribution in [0.4, 0.5) is 8.78 Å². The van der Waals surface area contributed by atoms with Gasteiger partial charge >= 0.3 is 0 Å². The van der Waals surface area contributed by atoms with Crippen molar-refractivity contribution in [2.45, 2.75) is 31.7 Å². The molecule has 5 N–H and O–H groups in total. The Morgan fingerprint density at radius 2 is 2.15 bits per heavy atom. The first-order valence-electron chi connectivity index (χ1n) is 8.48. The van der Waals surface area contributed by atoms with Gasteiger partial charge in [-0.1, -0.05) is 0 Å². The zero-order valence-corrected chi connectivity index (χ0v) is 14.2. The Kier molecular flexibility index (Phi) is 5.37. The van der Waals surface area contributed by atoms with E-state index in [4.69, 9.17) is 21.0 Å². The smallest absolute Gasteiger partial charge is 0.162 e. The molecule has 26 heavy (non-hydrogen) atoms. The molecule has 0 aromatic heterocycles. The SMILES string of the molecule is N=C(N)c1cc(OC2=C(F)CC3NC=CC3=C2CCCCO)ccc1F. The molecule has 0 saturated carbocycles. The highest BCUT2D eigenvalue weighted by Gasteiger charge is 2.31. The fraction of sp³-hybridized carbons (Fsp3) is 0.316. The molecule has 1 heterocycles. The number of fused-ring (bicyclic) bond motifs is 1. The van der Waals surface area contributed by atoms with Gasteiger partial charge in [0.25, 0.3) is 0 Å². The Morgan fingerprint density at radius 1 is 1.35 bits per heavy atom. The van der Waals surface area contributed by atoms with Crippen molar-refractivity contribution in [1.29, 1.82) is 5.41 Å². The molecule has 0 saturated heterocycles. The number of hydrogen-bond donors (Lipinski definition) is 4. The van der Waals surface area contributed by atoms with Crippen molar-refractivity contribution in [2.75, 3.05) is 6.61 Å². The molecule has 1 aliphatic heterocycles. The molecule has 5 nitrogen and oxygen atoms in total. The molecule has 1 unspecified atom stereocenters. The average molecular weight is 361 g/mol. The van der Waals surface area contributed by atoms with Crippen molar-refractivity contribution in [3.8, 4) is 5.75 Å². The third-order valence-corrected chi connectivity index (χ3v) is 4.47. The van der Waals surface area contributed by atoms with Gasteiger partial charge in [0, 0.05) is 18.6 Å². The minimum atomic E-state index is -0.632. The summed E-state index contributed by atoms with van der Waals surface area (Å²) in [6.07, 6.45) is 5.72. The summed E-state index contributed by atoms with van der Waals surface area (Å²) >= 11 is 0. The van der Waals surface area contributed by atoms with E-state index in [0.717, 1.165) is 17.2 Å². The zero-order valence-electron chi connectivity index (χ0n) is 14.2. The second kappa shape index (κ2) is 7.70. The van der Waals surface area contributed by atoms with Gasteiger partial charge in [-0.15, -0.1) is 0 Å². The maximum Gasteiger partial charge on any atom is 0.162 e. The van der Waals surface area contributed by atoms with Gasteiger partial charge in [-0.25, -0.2) is 8.78 Å². The third-order valence-electron chi connectivity index (χ3n) is 4.47. The first-order valence-corrected chi connectivity index (χ1v) is 8.48. The van der Waals surface area contributed by atoms with Gasteiger partial charge in [0.05, 0.1) is 11.6 Å². The number of amidine groups is 1. The van der Waals surface area contributed by atoms with E-state index in [1.165, 1.54) is 12.1 Å². The first kappa shape index (κ1) is 18.1. The molecule has 1 aromatic rings. The molecule has 0 amide bonds. The van der Waals surface area contributed by atoms with Crippen LogP contribution in [0.15, 0.2) is 53.2 Å². The van der Waals surface area contributed by atoms with E-state index in [2.05, 4.69) is 5.32 Å². The van der Waals surface area contributed by atoms with Crippen LogP contribution in [0.1, 0.15) is 31.2 Å². The van der Waals surface area contributed by atoms with Gasteiger partial charge < -0.3 is 20.9 Å². The molecule has 1 atom stereocenters. The van der Waals surface area contributed by atoms with E-state index in [1.54, 1.807) is 6.20 Å². The van der Waals surface area contributed by atoms with E-state index in [1.807, 2.05) is 6.08 Å². The van der Waals surface area contributed by atoms with Crippen molar-refractivity contribution in [3.63, 3.8) is 0 Å². The molecule has 0 fully saturated rings. The number of nitrogens with one attached hydrogen (secondary N) is 2. The van der Waals surface area contributed by atoms with Crippen LogP contribution >= 0.6 is 0 Å². The molecular formula is C19H21F2N3O2. The van der Waals surface area contributed by atoms with Crippen LogP contribution in [0.25, 0.3) is 0 Å². The molecule has 1 aliphatic carbocycles. The highest BCUT2D eigenvalue weighted by atomic mass is 19.1. The summed E-state index contributed by atoms with van der Waals surface area (Å²) in [6, 6.07) is 3.70. The number of aliphatic hydroxyl groups excluding tert-OH is 1. The van der Waals surface area contributed by atoms with Crippen molar-refractivity contribution in [3.05, 3.63) is 64.6 Å². The van der Waals surface area contributed by atoms with E-state index < -0.39 is 11.7 Å². The lowest BCUT2D eigenvalue weighted by atomic mass is 9.89. The summed E-state index contributed by atoms with van der Waals surface area (Å²) in [7, 11) is 0. The second-order valence-electron chi connectivity index (χ2n) is 6.26. The number of allylic oxidation sites excluding steroid dienone is 1. The summed E-state index contributed by atoms with van der Waals surface area (Å²) in [6.45, 7) is 0.0719. The van der Waals surface area contributed by atoms with E-state index >= 15 is 0 Å². The normalized spacial score (nSPS) is 18.8. The molecular weight excluding hydrogens is 340 g/mol. The molecule has 0 radical (unpaired) electrons. The monoisotopic (exact) mass is 361 g/mol. The fourth-order valence-electron chi connectivity index (χ4n) is 3.19. The van der Waals surface area contributed by atoms with Gasteiger partial charge in [0.1, 0.15) is 23.2 Å². The van der Waals surface area contributed by atoms with Crippen LogP contribution in [0.5, 0.6) is 5.75 Å². The van der Waals surface area contributed by atoms with Crippen LogP contribution < -0.4 is 15.8 Å². The Labute approximate surface area is 150 Å². The predicted molar refractivity (Wildman–Crippen MR) is 94.8 cm³/mol. The topological polar surface area (TPSA) is 91.4 Å². The van der Waals surface area contributed by atoms with E-state index in [9.17, 15) is 8.78 Å². The minimum Gasteiger partial charge on any atom is -0.454 e. The number of unbranched alkanes of at least 4 members (excludes halogenated alkanes) is 1. The summed E-state index contributed by atoms with van der Waals surface area (Å²) in [5, 5.41) is 19.6. The number of nitrogen functional groups attached to an aromatic ring is 1. The largest absolute Gasteiger partial charge is 0.454 e. The van der Waals surface area contributed by atoms with E-state index in [0.29, 0.717) is 19.3 Å². The van der Waals surface area contributed by atoms with Crippen LogP contribution in [0.2, 0.25) is 0 Å². The third kappa shape index (κ3) is 3.62. The van der Waals surface area contributed by atoms with Crippen molar-refractivity contribution in [2.24, 2.45) is 5.73 Å². The Bertz CT molecular complexity index is 815. The quantitative estimate of drug-likeness (QED) is 0.341. The number of nitrogens with two attached hydrogens (primary N) is 1. The van der Waals surface area contributed by atoms with Gasteiger partial charge in [0.2, 0.25) is 0 Å². The summed E-state index contributed by atoms with van der Waals surface area (Å²) in [5.41, 5.74) is 6.99.